The summed E-state index contributed by atoms with van der Waals surface area (Å²) in [6.45, 7) is 0. The van der Waals surface area contributed by atoms with Crippen LogP contribution in [-0.4, -0.2) is 26.6 Å². The molecular formula is C17H12Cl2N4O2S. The molecule has 6 nitrogen and oxygen atoms in total. The number of halogens is 2. The van der Waals surface area contributed by atoms with Gasteiger partial charge in [-0.3, -0.25) is 9.78 Å². The molecule has 3 rings (SSSR count). The lowest BCUT2D eigenvalue weighted by molar-refractivity contribution is -0.113. The van der Waals surface area contributed by atoms with Crippen LogP contribution in [0.25, 0.3) is 11.4 Å². The number of amides is 1. The van der Waals surface area contributed by atoms with Crippen molar-refractivity contribution in [3.8, 4) is 11.4 Å². The van der Waals surface area contributed by atoms with Crippen molar-refractivity contribution in [1.82, 2.24) is 15.0 Å². The monoisotopic (exact) mass is 406 g/mol. The van der Waals surface area contributed by atoms with Gasteiger partial charge in [-0.1, -0.05) is 35.0 Å². The molecule has 132 valence electrons. The summed E-state index contributed by atoms with van der Waals surface area (Å²) >= 11 is 12.7. The fourth-order valence-electron chi connectivity index (χ4n) is 2.03. The van der Waals surface area contributed by atoms with Crippen LogP contribution < -0.4 is 11.0 Å². The number of hydrogen-bond acceptors (Lipinski definition) is 5. The highest BCUT2D eigenvalue weighted by molar-refractivity contribution is 7.99. The number of carbonyl (C=O) groups is 1. The molecule has 0 spiro atoms. The van der Waals surface area contributed by atoms with Crippen molar-refractivity contribution in [2.24, 2.45) is 0 Å². The summed E-state index contributed by atoms with van der Waals surface area (Å²) in [5.41, 5.74) is 0.792. The molecule has 1 amide bonds. The SMILES string of the molecule is O=C(CSc1nc(-c2ccc(Cl)cc2)[nH]c(=O)n1)Nc1ccc(Cl)cc1. The Morgan fingerprint density at radius 1 is 1.00 bits per heavy atom. The van der Waals surface area contributed by atoms with Crippen LogP contribution in [-0.2, 0) is 4.79 Å². The number of anilines is 1. The highest BCUT2D eigenvalue weighted by Crippen LogP contribution is 2.20. The summed E-state index contributed by atoms with van der Waals surface area (Å²) < 4.78 is 0. The molecule has 0 atom stereocenters. The first-order chi connectivity index (χ1) is 12.5. The number of nitrogens with one attached hydrogen (secondary N) is 2. The van der Waals surface area contributed by atoms with E-state index in [9.17, 15) is 9.59 Å². The normalized spacial score (nSPS) is 10.5. The van der Waals surface area contributed by atoms with Crippen LogP contribution in [0.2, 0.25) is 10.0 Å². The third-order valence-electron chi connectivity index (χ3n) is 3.21. The van der Waals surface area contributed by atoms with E-state index in [4.69, 9.17) is 23.2 Å². The van der Waals surface area contributed by atoms with Crippen molar-refractivity contribution in [2.75, 3.05) is 11.1 Å². The Morgan fingerprint density at radius 3 is 2.27 bits per heavy atom. The number of H-pyrrole nitrogens is 1. The maximum atomic E-state index is 12.0. The number of rotatable bonds is 5. The first-order valence-corrected chi connectivity index (χ1v) is 9.16. The molecule has 3 aromatic rings. The Kier molecular flexibility index (Phi) is 5.92. The average molecular weight is 407 g/mol. The molecule has 0 aliphatic rings. The molecular weight excluding hydrogens is 395 g/mol. The topological polar surface area (TPSA) is 87.7 Å². The zero-order valence-corrected chi connectivity index (χ0v) is 15.5. The van der Waals surface area contributed by atoms with Crippen LogP contribution in [0.3, 0.4) is 0 Å². The quantitative estimate of drug-likeness (QED) is 0.627. The van der Waals surface area contributed by atoms with Crippen molar-refractivity contribution >= 4 is 46.6 Å². The zero-order chi connectivity index (χ0) is 18.5. The molecule has 2 N–H and O–H groups in total. The molecule has 0 aliphatic carbocycles. The molecule has 0 fully saturated rings. The van der Waals surface area contributed by atoms with Gasteiger partial charge in [-0.25, -0.2) is 9.78 Å². The summed E-state index contributed by atoms with van der Waals surface area (Å²) in [5.74, 6) is 0.183. The Balaban J connectivity index is 1.68. The molecule has 1 aromatic heterocycles. The summed E-state index contributed by atoms with van der Waals surface area (Å²) in [5, 5.41) is 4.11. The number of thioether (sulfide) groups is 1. The van der Waals surface area contributed by atoms with Gasteiger partial charge in [-0.15, -0.1) is 0 Å². The third kappa shape index (κ3) is 5.08. The van der Waals surface area contributed by atoms with Gasteiger partial charge < -0.3 is 5.32 Å². The fraction of sp³-hybridized carbons (Fsp3) is 0.0588. The van der Waals surface area contributed by atoms with E-state index in [1.807, 2.05) is 0 Å². The van der Waals surface area contributed by atoms with E-state index in [1.54, 1.807) is 48.5 Å². The van der Waals surface area contributed by atoms with E-state index in [0.29, 0.717) is 27.1 Å². The Labute approximate surface area is 163 Å². The molecule has 1 heterocycles. The zero-order valence-electron chi connectivity index (χ0n) is 13.2. The average Bonchev–Trinajstić information content (AvgIpc) is 2.62. The second-order valence-corrected chi connectivity index (χ2v) is 6.95. The summed E-state index contributed by atoms with van der Waals surface area (Å²) in [7, 11) is 0. The van der Waals surface area contributed by atoms with Crippen LogP contribution >= 0.6 is 35.0 Å². The molecule has 0 saturated heterocycles. The maximum absolute atomic E-state index is 12.0. The smallest absolute Gasteiger partial charge is 0.325 e. The maximum Gasteiger partial charge on any atom is 0.349 e. The minimum atomic E-state index is -0.537. The van der Waals surface area contributed by atoms with E-state index < -0.39 is 5.69 Å². The van der Waals surface area contributed by atoms with Crippen molar-refractivity contribution in [1.29, 1.82) is 0 Å². The van der Waals surface area contributed by atoms with E-state index in [0.717, 1.165) is 11.8 Å². The minimum Gasteiger partial charge on any atom is -0.325 e. The van der Waals surface area contributed by atoms with Gasteiger partial charge in [0.2, 0.25) is 5.91 Å². The number of nitrogens with zero attached hydrogens (tertiary/aromatic N) is 2. The third-order valence-corrected chi connectivity index (χ3v) is 4.56. The second-order valence-electron chi connectivity index (χ2n) is 5.14. The standard InChI is InChI=1S/C17H12Cl2N4O2S/c18-11-3-1-10(2-4-11)15-21-16(25)23-17(22-15)26-9-14(24)20-13-7-5-12(19)6-8-13/h1-8H,9H2,(H,20,24)(H,21,22,23,25). The van der Waals surface area contributed by atoms with Crippen molar-refractivity contribution in [3.05, 3.63) is 69.1 Å². The van der Waals surface area contributed by atoms with Gasteiger partial charge in [0.05, 0.1) is 5.75 Å². The van der Waals surface area contributed by atoms with Crippen LogP contribution in [0.4, 0.5) is 5.69 Å². The van der Waals surface area contributed by atoms with Gasteiger partial charge in [0, 0.05) is 21.3 Å². The predicted molar refractivity (Wildman–Crippen MR) is 104 cm³/mol. The Bertz CT molecular complexity index is 975. The molecule has 0 saturated carbocycles. The van der Waals surface area contributed by atoms with Crippen molar-refractivity contribution in [2.45, 2.75) is 5.16 Å². The molecule has 26 heavy (non-hydrogen) atoms. The van der Waals surface area contributed by atoms with E-state index in [1.165, 1.54) is 0 Å². The summed E-state index contributed by atoms with van der Waals surface area (Å²) in [6.07, 6.45) is 0. The van der Waals surface area contributed by atoms with E-state index in [-0.39, 0.29) is 16.8 Å². The number of hydrogen-bond donors (Lipinski definition) is 2. The van der Waals surface area contributed by atoms with Gasteiger partial charge in [0.15, 0.2) is 5.16 Å². The predicted octanol–water partition coefficient (Wildman–Crippen LogP) is 3.87. The van der Waals surface area contributed by atoms with E-state index in [2.05, 4.69) is 20.3 Å². The Morgan fingerprint density at radius 2 is 1.62 bits per heavy atom. The van der Waals surface area contributed by atoms with E-state index >= 15 is 0 Å². The largest absolute Gasteiger partial charge is 0.349 e. The number of aromatic amines is 1. The lowest BCUT2D eigenvalue weighted by Crippen LogP contribution is -2.17. The molecule has 0 aliphatic heterocycles. The van der Waals surface area contributed by atoms with Crippen molar-refractivity contribution in [3.63, 3.8) is 0 Å². The van der Waals surface area contributed by atoms with Crippen LogP contribution in [0.1, 0.15) is 0 Å². The van der Waals surface area contributed by atoms with Crippen LogP contribution in [0.5, 0.6) is 0 Å². The molecule has 0 radical (unpaired) electrons. The van der Waals surface area contributed by atoms with Crippen molar-refractivity contribution < 1.29 is 4.79 Å². The molecule has 2 aromatic carbocycles. The minimum absolute atomic E-state index is 0.0616. The number of benzene rings is 2. The summed E-state index contributed by atoms with van der Waals surface area (Å²) in [6, 6.07) is 13.6. The van der Waals surface area contributed by atoms with Crippen LogP contribution in [0.15, 0.2) is 58.5 Å². The van der Waals surface area contributed by atoms with Gasteiger partial charge >= 0.3 is 5.69 Å². The Hall–Kier alpha value is -2.35. The fourth-order valence-corrected chi connectivity index (χ4v) is 2.92. The lowest BCUT2D eigenvalue weighted by atomic mass is 10.2. The molecule has 9 heteroatoms. The van der Waals surface area contributed by atoms with Gasteiger partial charge in [0.1, 0.15) is 5.82 Å². The highest BCUT2D eigenvalue weighted by atomic mass is 35.5. The summed E-state index contributed by atoms with van der Waals surface area (Å²) in [4.78, 5) is 34.4. The highest BCUT2D eigenvalue weighted by Gasteiger charge is 2.09. The number of aromatic nitrogens is 3. The van der Waals surface area contributed by atoms with Gasteiger partial charge in [0.25, 0.3) is 0 Å². The molecule has 0 bridgehead atoms. The number of carbonyl (C=O) groups excluding carboxylic acids is 1. The first kappa shape index (κ1) is 18.4. The van der Waals surface area contributed by atoms with Gasteiger partial charge in [-0.05, 0) is 48.5 Å². The first-order valence-electron chi connectivity index (χ1n) is 7.42. The lowest BCUT2D eigenvalue weighted by Gasteiger charge is -2.05. The molecule has 0 unspecified atom stereocenters. The van der Waals surface area contributed by atoms with Crippen LogP contribution in [0, 0.1) is 0 Å². The van der Waals surface area contributed by atoms with Gasteiger partial charge in [-0.2, -0.15) is 4.98 Å². The second kappa shape index (κ2) is 8.35.